The SMILES string of the molecule is COC(=O)c1ccc(CS(=O)(=O)C2CCCCC2)cc1. The second-order valence-electron chi connectivity index (χ2n) is 5.26. The van der Waals surface area contributed by atoms with E-state index in [1.165, 1.54) is 7.11 Å². The zero-order valence-corrected chi connectivity index (χ0v) is 12.5. The van der Waals surface area contributed by atoms with Gasteiger partial charge in [-0.2, -0.15) is 0 Å². The predicted octanol–water partition coefficient (Wildman–Crippen LogP) is 2.72. The topological polar surface area (TPSA) is 60.4 Å². The lowest BCUT2D eigenvalue weighted by atomic mass is 10.0. The van der Waals surface area contributed by atoms with Crippen molar-refractivity contribution in [3.8, 4) is 0 Å². The molecule has 4 nitrogen and oxygen atoms in total. The Hall–Kier alpha value is -1.36. The van der Waals surface area contributed by atoms with Crippen LogP contribution in [0.2, 0.25) is 0 Å². The van der Waals surface area contributed by atoms with Crippen LogP contribution in [0.4, 0.5) is 0 Å². The fraction of sp³-hybridized carbons (Fsp3) is 0.533. The van der Waals surface area contributed by atoms with Gasteiger partial charge in [-0.1, -0.05) is 31.4 Å². The van der Waals surface area contributed by atoms with E-state index in [4.69, 9.17) is 0 Å². The third kappa shape index (κ3) is 3.60. The van der Waals surface area contributed by atoms with Crippen LogP contribution in [-0.2, 0) is 20.3 Å². The number of hydrogen-bond donors (Lipinski definition) is 0. The van der Waals surface area contributed by atoms with Crippen LogP contribution in [0.3, 0.4) is 0 Å². The number of methoxy groups -OCH3 is 1. The summed E-state index contributed by atoms with van der Waals surface area (Å²) in [5.74, 6) is -0.356. The van der Waals surface area contributed by atoms with Gasteiger partial charge in [0.15, 0.2) is 9.84 Å². The number of carbonyl (C=O) groups is 1. The smallest absolute Gasteiger partial charge is 0.337 e. The van der Waals surface area contributed by atoms with Gasteiger partial charge in [-0.25, -0.2) is 13.2 Å². The van der Waals surface area contributed by atoms with Gasteiger partial charge in [-0.05, 0) is 30.5 Å². The summed E-state index contributed by atoms with van der Waals surface area (Å²) in [5, 5.41) is -0.198. The Morgan fingerprint density at radius 3 is 2.30 bits per heavy atom. The molecule has 0 bridgehead atoms. The minimum atomic E-state index is -3.09. The molecule has 0 N–H and O–H groups in total. The minimum Gasteiger partial charge on any atom is -0.465 e. The molecule has 1 aliphatic rings. The molecule has 5 heteroatoms. The van der Waals surface area contributed by atoms with E-state index in [0.717, 1.165) is 37.7 Å². The van der Waals surface area contributed by atoms with Crippen molar-refractivity contribution in [2.75, 3.05) is 7.11 Å². The number of rotatable bonds is 4. The van der Waals surface area contributed by atoms with E-state index in [1.807, 2.05) is 0 Å². The zero-order valence-electron chi connectivity index (χ0n) is 11.7. The zero-order chi connectivity index (χ0) is 14.6. The first-order valence-electron chi connectivity index (χ1n) is 6.92. The van der Waals surface area contributed by atoms with Gasteiger partial charge in [0.05, 0.1) is 23.7 Å². The second kappa shape index (κ2) is 6.39. The molecule has 110 valence electrons. The molecule has 0 aromatic heterocycles. The van der Waals surface area contributed by atoms with Gasteiger partial charge in [0.25, 0.3) is 0 Å². The van der Waals surface area contributed by atoms with Crippen LogP contribution in [0, 0.1) is 0 Å². The Morgan fingerprint density at radius 1 is 1.15 bits per heavy atom. The molecule has 0 saturated heterocycles. The summed E-state index contributed by atoms with van der Waals surface area (Å²) in [6, 6.07) is 6.59. The first-order chi connectivity index (χ1) is 9.53. The molecule has 1 fully saturated rings. The van der Waals surface area contributed by atoms with Crippen molar-refractivity contribution >= 4 is 15.8 Å². The minimum absolute atomic E-state index is 0.0547. The number of hydrogen-bond acceptors (Lipinski definition) is 4. The summed E-state index contributed by atoms with van der Waals surface area (Å²) < 4.78 is 29.3. The van der Waals surface area contributed by atoms with E-state index in [9.17, 15) is 13.2 Å². The molecular formula is C15H20O4S. The van der Waals surface area contributed by atoms with Crippen LogP contribution in [0.15, 0.2) is 24.3 Å². The van der Waals surface area contributed by atoms with Crippen molar-refractivity contribution in [2.45, 2.75) is 43.1 Å². The molecule has 0 heterocycles. The third-order valence-corrected chi connectivity index (χ3v) is 6.03. The fourth-order valence-electron chi connectivity index (χ4n) is 2.63. The highest BCUT2D eigenvalue weighted by atomic mass is 32.2. The molecule has 1 aromatic carbocycles. The Kier molecular flexibility index (Phi) is 4.81. The predicted molar refractivity (Wildman–Crippen MR) is 77.3 cm³/mol. The van der Waals surface area contributed by atoms with E-state index < -0.39 is 15.8 Å². The molecule has 1 saturated carbocycles. The van der Waals surface area contributed by atoms with Crippen molar-refractivity contribution < 1.29 is 17.9 Å². The first-order valence-corrected chi connectivity index (χ1v) is 8.63. The average Bonchev–Trinajstić information content (AvgIpc) is 2.48. The largest absolute Gasteiger partial charge is 0.465 e. The monoisotopic (exact) mass is 296 g/mol. The van der Waals surface area contributed by atoms with E-state index in [1.54, 1.807) is 24.3 Å². The highest BCUT2D eigenvalue weighted by Gasteiger charge is 2.27. The van der Waals surface area contributed by atoms with Crippen LogP contribution >= 0.6 is 0 Å². The van der Waals surface area contributed by atoms with Crippen LogP contribution in [0.1, 0.15) is 48.0 Å². The van der Waals surface area contributed by atoms with Crippen molar-refractivity contribution in [1.82, 2.24) is 0 Å². The van der Waals surface area contributed by atoms with Crippen LogP contribution in [0.25, 0.3) is 0 Å². The van der Waals surface area contributed by atoms with E-state index in [2.05, 4.69) is 4.74 Å². The van der Waals surface area contributed by atoms with E-state index in [-0.39, 0.29) is 11.0 Å². The molecule has 1 aromatic rings. The van der Waals surface area contributed by atoms with Crippen molar-refractivity contribution in [1.29, 1.82) is 0 Å². The van der Waals surface area contributed by atoms with Gasteiger partial charge in [0.2, 0.25) is 0 Å². The highest BCUT2D eigenvalue weighted by molar-refractivity contribution is 7.91. The summed E-state index contributed by atoms with van der Waals surface area (Å²) >= 11 is 0. The normalized spacial score (nSPS) is 16.9. The number of benzene rings is 1. The molecule has 0 atom stereocenters. The van der Waals surface area contributed by atoms with Crippen LogP contribution < -0.4 is 0 Å². The first kappa shape index (κ1) is 15.0. The molecule has 0 unspecified atom stereocenters. The summed E-state index contributed by atoms with van der Waals surface area (Å²) in [4.78, 5) is 11.3. The molecule has 0 amide bonds. The van der Waals surface area contributed by atoms with Gasteiger partial charge >= 0.3 is 5.97 Å². The van der Waals surface area contributed by atoms with E-state index in [0.29, 0.717) is 5.56 Å². The highest BCUT2D eigenvalue weighted by Crippen LogP contribution is 2.26. The number of esters is 1. The van der Waals surface area contributed by atoms with Crippen molar-refractivity contribution in [2.24, 2.45) is 0 Å². The fourth-order valence-corrected chi connectivity index (χ4v) is 4.57. The lowest BCUT2D eigenvalue weighted by Crippen LogP contribution is -2.25. The molecular weight excluding hydrogens is 276 g/mol. The molecule has 2 rings (SSSR count). The van der Waals surface area contributed by atoms with Gasteiger partial charge < -0.3 is 4.74 Å². The van der Waals surface area contributed by atoms with Crippen molar-refractivity contribution in [3.63, 3.8) is 0 Å². The summed E-state index contributed by atoms with van der Waals surface area (Å²) in [5.41, 5.74) is 1.16. The maximum Gasteiger partial charge on any atom is 0.337 e. The van der Waals surface area contributed by atoms with Gasteiger partial charge in [-0.3, -0.25) is 0 Å². The summed E-state index contributed by atoms with van der Waals surface area (Å²) in [6.45, 7) is 0. The average molecular weight is 296 g/mol. The lowest BCUT2D eigenvalue weighted by molar-refractivity contribution is 0.0600. The Labute approximate surface area is 120 Å². The number of ether oxygens (including phenoxy) is 1. The summed E-state index contributed by atoms with van der Waals surface area (Å²) in [6.07, 6.45) is 4.71. The second-order valence-corrected chi connectivity index (χ2v) is 7.54. The maximum absolute atomic E-state index is 12.3. The van der Waals surface area contributed by atoms with Gasteiger partial charge in [0.1, 0.15) is 0 Å². The lowest BCUT2D eigenvalue weighted by Gasteiger charge is -2.21. The van der Waals surface area contributed by atoms with Gasteiger partial charge in [-0.15, -0.1) is 0 Å². The number of sulfone groups is 1. The molecule has 1 aliphatic carbocycles. The maximum atomic E-state index is 12.3. The van der Waals surface area contributed by atoms with Crippen molar-refractivity contribution in [3.05, 3.63) is 35.4 Å². The molecule has 0 aliphatic heterocycles. The third-order valence-electron chi connectivity index (χ3n) is 3.80. The number of carbonyl (C=O) groups excluding carboxylic acids is 1. The Balaban J connectivity index is 2.07. The summed E-state index contributed by atoms with van der Waals surface area (Å²) in [7, 11) is -1.77. The Bertz CT molecular complexity index is 554. The van der Waals surface area contributed by atoms with Crippen LogP contribution in [0.5, 0.6) is 0 Å². The molecule has 0 radical (unpaired) electrons. The standard InChI is InChI=1S/C15H20O4S/c1-19-15(16)13-9-7-12(8-10-13)11-20(17,18)14-5-3-2-4-6-14/h7-10,14H,2-6,11H2,1H3. The Morgan fingerprint density at radius 2 is 1.75 bits per heavy atom. The van der Waals surface area contributed by atoms with Gasteiger partial charge in [0, 0.05) is 0 Å². The quantitative estimate of drug-likeness (QED) is 0.802. The molecule has 20 heavy (non-hydrogen) atoms. The van der Waals surface area contributed by atoms with Crippen LogP contribution in [-0.4, -0.2) is 26.7 Å². The van der Waals surface area contributed by atoms with E-state index >= 15 is 0 Å². The molecule has 0 spiro atoms.